The average molecular weight is 256 g/mol. The standard InChI is InChI=1S/C14H17BN2O2/c1-9-5-13(6-10(2)16-9)18-15-19-14-7-11(3)17-12(4)8-14/h5-8,15H,1-4H3. The fourth-order valence-corrected chi connectivity index (χ4v) is 1.92. The van der Waals surface area contributed by atoms with Gasteiger partial charge in [0.1, 0.15) is 11.5 Å². The summed E-state index contributed by atoms with van der Waals surface area (Å²) in [5, 5.41) is 0. The van der Waals surface area contributed by atoms with E-state index in [4.69, 9.17) is 9.31 Å². The molecule has 0 saturated carbocycles. The van der Waals surface area contributed by atoms with Crippen molar-refractivity contribution in [1.29, 1.82) is 0 Å². The van der Waals surface area contributed by atoms with Gasteiger partial charge >= 0.3 is 7.69 Å². The Hall–Kier alpha value is -2.04. The predicted molar refractivity (Wildman–Crippen MR) is 75.8 cm³/mol. The summed E-state index contributed by atoms with van der Waals surface area (Å²) in [6.07, 6.45) is 0. The molecule has 0 radical (unpaired) electrons. The number of rotatable bonds is 4. The summed E-state index contributed by atoms with van der Waals surface area (Å²) >= 11 is 0. The van der Waals surface area contributed by atoms with Crippen molar-refractivity contribution in [2.75, 3.05) is 0 Å². The van der Waals surface area contributed by atoms with Crippen LogP contribution >= 0.6 is 0 Å². The Bertz CT molecular complexity index is 496. The maximum atomic E-state index is 5.57. The second-order valence-electron chi connectivity index (χ2n) is 4.58. The SMILES string of the molecule is Cc1cc(OBOc2cc(C)nc(C)c2)cc(C)n1. The highest BCUT2D eigenvalue weighted by molar-refractivity contribution is 6.20. The van der Waals surface area contributed by atoms with E-state index in [-0.39, 0.29) is 7.69 Å². The second kappa shape index (κ2) is 5.74. The lowest BCUT2D eigenvalue weighted by Crippen LogP contribution is -2.11. The van der Waals surface area contributed by atoms with Crippen LogP contribution in [0.4, 0.5) is 0 Å². The highest BCUT2D eigenvalue weighted by Gasteiger charge is 2.03. The zero-order chi connectivity index (χ0) is 13.8. The lowest BCUT2D eigenvalue weighted by molar-refractivity contribution is 0.457. The van der Waals surface area contributed by atoms with Gasteiger partial charge < -0.3 is 9.31 Å². The van der Waals surface area contributed by atoms with E-state index in [1.165, 1.54) is 0 Å². The Morgan fingerprint density at radius 1 is 0.684 bits per heavy atom. The first kappa shape index (κ1) is 13.4. The second-order valence-corrected chi connectivity index (χ2v) is 4.58. The van der Waals surface area contributed by atoms with Gasteiger partial charge in [0.25, 0.3) is 0 Å². The highest BCUT2D eigenvalue weighted by atomic mass is 16.6. The van der Waals surface area contributed by atoms with Gasteiger partial charge in [0.05, 0.1) is 0 Å². The van der Waals surface area contributed by atoms with Crippen LogP contribution in [-0.4, -0.2) is 17.7 Å². The quantitative estimate of drug-likeness (QED) is 0.788. The molecule has 0 unspecified atom stereocenters. The summed E-state index contributed by atoms with van der Waals surface area (Å²) in [6.45, 7) is 7.76. The van der Waals surface area contributed by atoms with Crippen LogP contribution in [0, 0.1) is 27.7 Å². The van der Waals surface area contributed by atoms with Gasteiger partial charge in [-0.15, -0.1) is 0 Å². The number of hydrogen-bond acceptors (Lipinski definition) is 4. The number of pyridine rings is 2. The van der Waals surface area contributed by atoms with Gasteiger partial charge in [0, 0.05) is 22.8 Å². The molecule has 0 aliphatic rings. The highest BCUT2D eigenvalue weighted by Crippen LogP contribution is 2.15. The normalized spacial score (nSPS) is 10.1. The molecule has 0 fully saturated rings. The Labute approximate surface area is 114 Å². The molecule has 2 heterocycles. The summed E-state index contributed by atoms with van der Waals surface area (Å²) in [4.78, 5) is 8.59. The fraction of sp³-hybridized carbons (Fsp3) is 0.286. The summed E-state index contributed by atoms with van der Waals surface area (Å²) in [6, 6.07) is 7.55. The first-order valence-corrected chi connectivity index (χ1v) is 6.19. The summed E-state index contributed by atoms with van der Waals surface area (Å²) in [7, 11) is 0.172. The Balaban J connectivity index is 1.96. The molecular formula is C14H17BN2O2. The van der Waals surface area contributed by atoms with Gasteiger partial charge in [0.2, 0.25) is 0 Å². The summed E-state index contributed by atoms with van der Waals surface area (Å²) in [5.74, 6) is 1.54. The number of nitrogens with zero attached hydrogens (tertiary/aromatic N) is 2. The molecule has 98 valence electrons. The Morgan fingerprint density at radius 2 is 1.00 bits per heavy atom. The number of aromatic nitrogens is 2. The van der Waals surface area contributed by atoms with Crippen LogP contribution in [-0.2, 0) is 0 Å². The van der Waals surface area contributed by atoms with Crippen LogP contribution in [0.15, 0.2) is 24.3 Å². The maximum Gasteiger partial charge on any atom is 0.576 e. The van der Waals surface area contributed by atoms with Crippen molar-refractivity contribution in [3.05, 3.63) is 47.0 Å². The molecule has 0 N–H and O–H groups in total. The molecule has 0 aliphatic carbocycles. The molecule has 0 saturated heterocycles. The first-order valence-electron chi connectivity index (χ1n) is 6.19. The van der Waals surface area contributed by atoms with Crippen LogP contribution in [0.25, 0.3) is 0 Å². The zero-order valence-electron chi connectivity index (χ0n) is 11.7. The van der Waals surface area contributed by atoms with E-state index in [1.807, 2.05) is 52.0 Å². The van der Waals surface area contributed by atoms with Crippen molar-refractivity contribution in [3.63, 3.8) is 0 Å². The third-order valence-electron chi connectivity index (χ3n) is 2.56. The molecule has 2 rings (SSSR count). The molecule has 2 aromatic rings. The van der Waals surface area contributed by atoms with E-state index >= 15 is 0 Å². The van der Waals surface area contributed by atoms with Crippen molar-refractivity contribution in [2.45, 2.75) is 27.7 Å². The van der Waals surface area contributed by atoms with Crippen molar-refractivity contribution in [2.24, 2.45) is 0 Å². The minimum absolute atomic E-state index is 0.172. The van der Waals surface area contributed by atoms with Gasteiger partial charge in [-0.3, -0.25) is 9.97 Å². The van der Waals surface area contributed by atoms with E-state index in [0.717, 1.165) is 34.3 Å². The molecule has 2 aromatic heterocycles. The number of hydrogen-bond donors (Lipinski definition) is 0. The van der Waals surface area contributed by atoms with E-state index in [2.05, 4.69) is 9.97 Å². The van der Waals surface area contributed by atoms with Gasteiger partial charge in [-0.05, 0) is 52.0 Å². The van der Waals surface area contributed by atoms with E-state index in [9.17, 15) is 0 Å². The van der Waals surface area contributed by atoms with Crippen LogP contribution in [0.2, 0.25) is 0 Å². The monoisotopic (exact) mass is 256 g/mol. The lowest BCUT2D eigenvalue weighted by atomic mass is 10.2. The summed E-state index contributed by atoms with van der Waals surface area (Å²) < 4.78 is 11.1. The van der Waals surface area contributed by atoms with Gasteiger partial charge in [-0.1, -0.05) is 0 Å². The smallest absolute Gasteiger partial charge is 0.528 e. The molecule has 0 aromatic carbocycles. The molecule has 4 nitrogen and oxygen atoms in total. The minimum atomic E-state index is 0.172. The Morgan fingerprint density at radius 3 is 1.32 bits per heavy atom. The Kier molecular flexibility index (Phi) is 4.05. The molecule has 5 heteroatoms. The van der Waals surface area contributed by atoms with Crippen LogP contribution in [0.3, 0.4) is 0 Å². The van der Waals surface area contributed by atoms with Crippen LogP contribution in [0.5, 0.6) is 11.5 Å². The van der Waals surface area contributed by atoms with Crippen LogP contribution < -0.4 is 9.31 Å². The molecule has 0 atom stereocenters. The third-order valence-corrected chi connectivity index (χ3v) is 2.56. The van der Waals surface area contributed by atoms with E-state index in [0.29, 0.717) is 0 Å². The third kappa shape index (κ3) is 3.98. The van der Waals surface area contributed by atoms with Crippen molar-refractivity contribution in [1.82, 2.24) is 9.97 Å². The predicted octanol–water partition coefficient (Wildman–Crippen LogP) is 2.43. The average Bonchev–Trinajstić information content (AvgIpc) is 2.26. The first-order chi connectivity index (χ1) is 9.02. The lowest BCUT2D eigenvalue weighted by Gasteiger charge is -2.09. The van der Waals surface area contributed by atoms with E-state index < -0.39 is 0 Å². The maximum absolute atomic E-state index is 5.57. The topological polar surface area (TPSA) is 44.2 Å². The van der Waals surface area contributed by atoms with Gasteiger partial charge in [-0.25, -0.2) is 0 Å². The van der Waals surface area contributed by atoms with Crippen LogP contribution in [0.1, 0.15) is 22.8 Å². The largest absolute Gasteiger partial charge is 0.576 e. The van der Waals surface area contributed by atoms with Gasteiger partial charge in [-0.2, -0.15) is 0 Å². The fourth-order valence-electron chi connectivity index (χ4n) is 1.92. The minimum Gasteiger partial charge on any atom is -0.528 e. The summed E-state index contributed by atoms with van der Waals surface area (Å²) in [5.41, 5.74) is 3.74. The van der Waals surface area contributed by atoms with Crippen molar-refractivity contribution >= 4 is 7.69 Å². The molecule has 19 heavy (non-hydrogen) atoms. The van der Waals surface area contributed by atoms with E-state index in [1.54, 1.807) is 0 Å². The number of aryl methyl sites for hydroxylation is 4. The van der Waals surface area contributed by atoms with Crippen molar-refractivity contribution in [3.8, 4) is 11.5 Å². The van der Waals surface area contributed by atoms with Gasteiger partial charge in [0.15, 0.2) is 0 Å². The molecule has 0 bridgehead atoms. The molecule has 0 aliphatic heterocycles. The van der Waals surface area contributed by atoms with Crippen molar-refractivity contribution < 1.29 is 9.31 Å². The molecular weight excluding hydrogens is 239 g/mol. The molecule has 0 spiro atoms. The zero-order valence-corrected chi connectivity index (χ0v) is 11.7. The molecule has 0 amide bonds.